The molecule has 2 aliphatic heterocycles. The fraction of sp³-hybridized carbons (Fsp3) is 0.353. The molecule has 1 aliphatic carbocycles. The van der Waals surface area contributed by atoms with Crippen molar-refractivity contribution >= 4 is 23.0 Å². The maximum absolute atomic E-state index is 15.3. The molecule has 43 heavy (non-hydrogen) atoms. The highest BCUT2D eigenvalue weighted by Crippen LogP contribution is 2.37. The number of rotatable bonds is 5. The first-order valence-electron chi connectivity index (χ1n) is 15.1. The van der Waals surface area contributed by atoms with Gasteiger partial charge in [-0.2, -0.15) is 0 Å². The second-order valence-electron chi connectivity index (χ2n) is 12.1. The zero-order chi connectivity index (χ0) is 29.8. The summed E-state index contributed by atoms with van der Waals surface area (Å²) >= 11 is 0. The Hall–Kier alpha value is -4.21. The molecule has 3 aliphatic rings. The molecular weight excluding hydrogens is 545 g/mol. The number of hydrogen-bond acceptors (Lipinski definition) is 5. The number of nitrogens with one attached hydrogen (secondary N) is 1. The minimum Gasteiger partial charge on any atom is -0.392 e. The van der Waals surface area contributed by atoms with Gasteiger partial charge in [-0.1, -0.05) is 6.07 Å². The summed E-state index contributed by atoms with van der Waals surface area (Å²) in [6.45, 7) is 2.49. The van der Waals surface area contributed by atoms with Crippen molar-refractivity contribution < 1.29 is 14.3 Å². The first-order valence-corrected chi connectivity index (χ1v) is 15.1. The highest BCUT2D eigenvalue weighted by atomic mass is 19.1. The van der Waals surface area contributed by atoms with E-state index in [2.05, 4.69) is 34.0 Å². The number of nitrogens with zero attached hydrogens (tertiary/aromatic N) is 4. The number of aryl methyl sites for hydroxylation is 2. The number of aromatic nitrogens is 2. The van der Waals surface area contributed by atoms with Crippen LogP contribution in [0, 0.1) is 5.82 Å². The molecule has 7 rings (SSSR count). The zero-order valence-corrected chi connectivity index (χ0v) is 24.6. The number of aliphatic hydroxyl groups excluding tert-OH is 1. The molecule has 4 aromatic rings. The van der Waals surface area contributed by atoms with Gasteiger partial charge in [0, 0.05) is 61.9 Å². The molecule has 0 atom stereocenters. The Bertz CT molecular complexity index is 1820. The molecule has 2 aromatic carbocycles. The number of carbonyl (C=O) groups is 1. The van der Waals surface area contributed by atoms with Crippen LogP contribution in [0.3, 0.4) is 0 Å². The summed E-state index contributed by atoms with van der Waals surface area (Å²) < 4.78 is 18.9. The Morgan fingerprint density at radius 3 is 2.58 bits per heavy atom. The number of hydrogen-bond donors (Lipinski definition) is 2. The normalized spacial score (nSPS) is 16.6. The van der Waals surface area contributed by atoms with Crippen LogP contribution in [0.1, 0.15) is 51.3 Å². The zero-order valence-electron chi connectivity index (χ0n) is 24.6. The Balaban J connectivity index is 1.26. The number of fused-ring (bicyclic) bond motifs is 4. The maximum Gasteiger partial charge on any atom is 0.274 e. The van der Waals surface area contributed by atoms with Gasteiger partial charge in [0.2, 0.25) is 0 Å². The van der Waals surface area contributed by atoms with Crippen LogP contribution in [0.15, 0.2) is 53.5 Å². The van der Waals surface area contributed by atoms with E-state index in [9.17, 15) is 14.7 Å². The standard InChI is InChI=1S/C34H36FN5O3/c1-37-10-9-21-13-26(8-7-23(21)18-37)36-29-14-24(19-38(2)33(29)42)27-16-25(35)17-31(28(27)20-41)40-12-11-39-30-6-4-3-5-22(30)15-32(39)34(40)43/h7-8,13-17,19,36,41H,3-6,9-12,18,20H2,1-2H3. The van der Waals surface area contributed by atoms with Crippen molar-refractivity contribution in [1.29, 1.82) is 0 Å². The molecule has 8 nitrogen and oxygen atoms in total. The van der Waals surface area contributed by atoms with Crippen LogP contribution >= 0.6 is 0 Å². The molecule has 9 heteroatoms. The third-order valence-corrected chi connectivity index (χ3v) is 9.24. The van der Waals surface area contributed by atoms with Crippen LogP contribution < -0.4 is 15.8 Å². The lowest BCUT2D eigenvalue weighted by atomic mass is 9.97. The topological polar surface area (TPSA) is 82.7 Å². The molecule has 1 amide bonds. The lowest BCUT2D eigenvalue weighted by Crippen LogP contribution is -2.41. The van der Waals surface area contributed by atoms with Crippen LogP contribution in [0.2, 0.25) is 0 Å². The van der Waals surface area contributed by atoms with Gasteiger partial charge in [-0.05, 0) is 97.8 Å². The van der Waals surface area contributed by atoms with Crippen LogP contribution in [0.25, 0.3) is 11.1 Å². The molecule has 4 heterocycles. The monoisotopic (exact) mass is 581 g/mol. The van der Waals surface area contributed by atoms with Gasteiger partial charge in [0.1, 0.15) is 17.2 Å². The summed E-state index contributed by atoms with van der Waals surface area (Å²) in [6, 6.07) is 12.5. The number of aliphatic hydroxyl groups is 1. The van der Waals surface area contributed by atoms with E-state index in [1.807, 2.05) is 12.1 Å². The summed E-state index contributed by atoms with van der Waals surface area (Å²) in [5.74, 6) is -0.702. The lowest BCUT2D eigenvalue weighted by Gasteiger charge is -2.31. The van der Waals surface area contributed by atoms with E-state index in [-0.39, 0.29) is 11.5 Å². The number of likely N-dealkylation sites (N-methyl/N-ethyl adjacent to an activating group) is 1. The van der Waals surface area contributed by atoms with Gasteiger partial charge in [-0.3, -0.25) is 9.59 Å². The van der Waals surface area contributed by atoms with Crippen molar-refractivity contribution in [2.75, 3.05) is 30.4 Å². The highest BCUT2D eigenvalue weighted by molar-refractivity contribution is 6.07. The van der Waals surface area contributed by atoms with Gasteiger partial charge >= 0.3 is 0 Å². The Morgan fingerprint density at radius 1 is 0.907 bits per heavy atom. The molecule has 0 spiro atoms. The maximum atomic E-state index is 15.3. The largest absolute Gasteiger partial charge is 0.392 e. The van der Waals surface area contributed by atoms with Crippen LogP contribution in [0.5, 0.6) is 0 Å². The summed E-state index contributed by atoms with van der Waals surface area (Å²) in [6.07, 6.45) is 6.77. The van der Waals surface area contributed by atoms with Crippen LogP contribution in [0.4, 0.5) is 21.5 Å². The van der Waals surface area contributed by atoms with E-state index < -0.39 is 12.4 Å². The number of amides is 1. The number of pyridine rings is 1. The first-order chi connectivity index (χ1) is 20.8. The Kier molecular flexibility index (Phi) is 6.94. The van der Waals surface area contributed by atoms with Gasteiger partial charge in [-0.15, -0.1) is 0 Å². The second-order valence-corrected chi connectivity index (χ2v) is 12.1. The van der Waals surface area contributed by atoms with Gasteiger partial charge in [0.05, 0.1) is 12.3 Å². The van der Waals surface area contributed by atoms with E-state index in [0.717, 1.165) is 50.9 Å². The molecule has 2 N–H and O–H groups in total. The van der Waals surface area contributed by atoms with E-state index in [1.54, 1.807) is 24.2 Å². The quantitative estimate of drug-likeness (QED) is 0.355. The molecular formula is C34H36FN5O3. The first kappa shape index (κ1) is 27.6. The molecule has 222 valence electrons. The molecule has 0 saturated heterocycles. The fourth-order valence-corrected chi connectivity index (χ4v) is 7.03. The predicted molar refractivity (Wildman–Crippen MR) is 166 cm³/mol. The van der Waals surface area contributed by atoms with Crippen LogP contribution in [-0.2, 0) is 46.0 Å². The van der Waals surface area contributed by atoms with E-state index >= 15 is 4.39 Å². The van der Waals surface area contributed by atoms with Crippen molar-refractivity contribution in [3.63, 3.8) is 0 Å². The molecule has 0 bridgehead atoms. The van der Waals surface area contributed by atoms with Crippen molar-refractivity contribution in [2.24, 2.45) is 7.05 Å². The second kappa shape index (κ2) is 10.8. The average Bonchev–Trinajstić information content (AvgIpc) is 3.39. The Morgan fingerprint density at radius 2 is 1.74 bits per heavy atom. The summed E-state index contributed by atoms with van der Waals surface area (Å²) in [7, 11) is 3.76. The predicted octanol–water partition coefficient (Wildman–Crippen LogP) is 4.76. The molecule has 0 unspecified atom stereocenters. The summed E-state index contributed by atoms with van der Waals surface area (Å²) in [5, 5.41) is 13.9. The summed E-state index contributed by atoms with van der Waals surface area (Å²) in [5.41, 5.74) is 8.38. The SMILES string of the molecule is CN1CCc2cc(Nc3cc(-c4cc(F)cc(N5CCn6c(cc7c6CCCC7)C5=O)c4CO)cn(C)c3=O)ccc2C1. The highest BCUT2D eigenvalue weighted by Gasteiger charge is 2.32. The summed E-state index contributed by atoms with van der Waals surface area (Å²) in [4.78, 5) is 30.8. The lowest BCUT2D eigenvalue weighted by molar-refractivity contribution is 0.0964. The van der Waals surface area contributed by atoms with E-state index in [1.165, 1.54) is 39.1 Å². The van der Waals surface area contributed by atoms with Crippen molar-refractivity contribution in [1.82, 2.24) is 14.0 Å². The van der Waals surface area contributed by atoms with Gasteiger partial charge in [0.15, 0.2) is 0 Å². The smallest absolute Gasteiger partial charge is 0.274 e. The van der Waals surface area contributed by atoms with Crippen LogP contribution in [-0.4, -0.2) is 45.2 Å². The van der Waals surface area contributed by atoms with Crippen molar-refractivity contribution in [2.45, 2.75) is 51.8 Å². The number of carbonyl (C=O) groups excluding carboxylic acids is 1. The van der Waals surface area contributed by atoms with Gasteiger partial charge in [0.25, 0.3) is 11.5 Å². The van der Waals surface area contributed by atoms with Gasteiger partial charge in [-0.25, -0.2) is 4.39 Å². The number of anilines is 3. The fourth-order valence-electron chi connectivity index (χ4n) is 7.03. The number of benzene rings is 2. The molecule has 0 saturated carbocycles. The Labute approximate surface area is 250 Å². The molecule has 0 fully saturated rings. The third-order valence-electron chi connectivity index (χ3n) is 9.24. The minimum atomic E-state index is -0.515. The third kappa shape index (κ3) is 4.86. The minimum absolute atomic E-state index is 0.187. The van der Waals surface area contributed by atoms with E-state index in [4.69, 9.17) is 0 Å². The average molecular weight is 582 g/mol. The van der Waals surface area contributed by atoms with E-state index in [0.29, 0.717) is 46.8 Å². The van der Waals surface area contributed by atoms with Gasteiger partial charge < -0.3 is 29.4 Å². The number of halogens is 1. The van der Waals surface area contributed by atoms with Crippen molar-refractivity contribution in [3.05, 3.63) is 98.5 Å². The van der Waals surface area contributed by atoms with Crippen molar-refractivity contribution in [3.8, 4) is 11.1 Å². The molecule has 0 radical (unpaired) electrons. The molecule has 2 aromatic heterocycles.